The van der Waals surface area contributed by atoms with Crippen molar-refractivity contribution >= 4 is 14.5 Å². The van der Waals surface area contributed by atoms with Gasteiger partial charge in [0.15, 0.2) is 0 Å². The standard InChI is InChI=1S/C21H28FN2O2P/c1-26-15-19(25)14-23-10-12-24(13-11-23)21(16-2-6-18(22)7-3-16)17-4-8-20(27)9-5-17/h2-9,19,21,25H,10-15,27H2,1H3. The Hall–Kier alpha value is -1.36. The van der Waals surface area contributed by atoms with Gasteiger partial charge in [-0.1, -0.05) is 36.4 Å². The Morgan fingerprint density at radius 2 is 1.56 bits per heavy atom. The van der Waals surface area contributed by atoms with E-state index in [0.29, 0.717) is 13.2 Å². The van der Waals surface area contributed by atoms with E-state index in [0.717, 1.165) is 37.0 Å². The number of β-amino-alcohol motifs (C(OH)–C–C–N with tert-alkyl or cyclic N) is 1. The summed E-state index contributed by atoms with van der Waals surface area (Å²) in [5, 5.41) is 11.1. The first-order valence-electron chi connectivity index (χ1n) is 9.31. The highest BCUT2D eigenvalue weighted by Crippen LogP contribution is 2.29. The number of halogens is 1. The molecule has 3 atom stereocenters. The van der Waals surface area contributed by atoms with Gasteiger partial charge in [0.05, 0.1) is 18.8 Å². The van der Waals surface area contributed by atoms with Crippen LogP contribution in [0, 0.1) is 5.82 Å². The Bertz CT molecular complexity index is 658. The molecule has 6 heteroatoms. The van der Waals surface area contributed by atoms with Gasteiger partial charge in [-0.25, -0.2) is 4.39 Å². The fourth-order valence-corrected chi connectivity index (χ4v) is 3.88. The summed E-state index contributed by atoms with van der Waals surface area (Å²) in [6, 6.07) is 15.4. The van der Waals surface area contributed by atoms with Gasteiger partial charge in [-0.15, -0.1) is 9.24 Å². The number of aliphatic hydroxyl groups is 1. The Balaban J connectivity index is 1.74. The molecule has 1 N–H and O–H groups in total. The number of nitrogens with zero attached hydrogens (tertiary/aromatic N) is 2. The van der Waals surface area contributed by atoms with Crippen molar-refractivity contribution in [2.75, 3.05) is 46.4 Å². The number of ether oxygens (including phenoxy) is 1. The molecule has 0 radical (unpaired) electrons. The lowest BCUT2D eigenvalue weighted by Crippen LogP contribution is -2.50. The monoisotopic (exact) mass is 390 g/mol. The van der Waals surface area contributed by atoms with Gasteiger partial charge in [-0.05, 0) is 28.6 Å². The summed E-state index contributed by atoms with van der Waals surface area (Å²) in [6.45, 7) is 4.56. The van der Waals surface area contributed by atoms with Crippen LogP contribution in [-0.4, -0.2) is 67.5 Å². The van der Waals surface area contributed by atoms with E-state index in [1.807, 2.05) is 12.1 Å². The van der Waals surface area contributed by atoms with Gasteiger partial charge in [0, 0.05) is 39.8 Å². The molecule has 0 amide bonds. The number of benzene rings is 2. The molecule has 0 bridgehead atoms. The maximum atomic E-state index is 13.4. The molecule has 1 saturated heterocycles. The van der Waals surface area contributed by atoms with Gasteiger partial charge in [0.25, 0.3) is 0 Å². The van der Waals surface area contributed by atoms with Crippen LogP contribution in [0.4, 0.5) is 4.39 Å². The molecular weight excluding hydrogens is 362 g/mol. The summed E-state index contributed by atoms with van der Waals surface area (Å²) in [7, 11) is 4.32. The van der Waals surface area contributed by atoms with Crippen LogP contribution in [0.2, 0.25) is 0 Å². The number of aliphatic hydroxyl groups excluding tert-OH is 1. The SMILES string of the molecule is COCC(O)CN1CCN(C(c2ccc(F)cc2)c2ccc(P)cc2)CC1. The fourth-order valence-electron chi connectivity index (χ4n) is 3.68. The average Bonchev–Trinajstić information content (AvgIpc) is 2.66. The van der Waals surface area contributed by atoms with E-state index in [-0.39, 0.29) is 11.9 Å². The fraction of sp³-hybridized carbons (Fsp3) is 0.429. The predicted molar refractivity (Wildman–Crippen MR) is 110 cm³/mol. The van der Waals surface area contributed by atoms with E-state index in [9.17, 15) is 9.50 Å². The lowest BCUT2D eigenvalue weighted by molar-refractivity contribution is 0.0203. The average molecular weight is 390 g/mol. The first kappa shape index (κ1) is 20.4. The quantitative estimate of drug-likeness (QED) is 0.734. The predicted octanol–water partition coefficient (Wildman–Crippen LogP) is 2.04. The van der Waals surface area contributed by atoms with Gasteiger partial charge in [-0.3, -0.25) is 9.80 Å². The lowest BCUT2D eigenvalue weighted by Gasteiger charge is -2.40. The van der Waals surface area contributed by atoms with Gasteiger partial charge in [-0.2, -0.15) is 0 Å². The summed E-state index contributed by atoms with van der Waals surface area (Å²) >= 11 is 0. The van der Waals surface area contributed by atoms with Crippen LogP contribution in [0.1, 0.15) is 17.2 Å². The number of hydrogen-bond acceptors (Lipinski definition) is 4. The highest BCUT2D eigenvalue weighted by atomic mass is 31.0. The van der Waals surface area contributed by atoms with Gasteiger partial charge < -0.3 is 9.84 Å². The van der Waals surface area contributed by atoms with Gasteiger partial charge >= 0.3 is 0 Å². The minimum atomic E-state index is -0.455. The number of piperazine rings is 1. The third-order valence-corrected chi connectivity index (χ3v) is 5.42. The van der Waals surface area contributed by atoms with Crippen LogP contribution in [0.5, 0.6) is 0 Å². The lowest BCUT2D eigenvalue weighted by atomic mass is 9.96. The van der Waals surface area contributed by atoms with E-state index < -0.39 is 6.10 Å². The van der Waals surface area contributed by atoms with Crippen molar-refractivity contribution in [1.82, 2.24) is 9.80 Å². The summed E-state index contributed by atoms with van der Waals surface area (Å²) in [5.74, 6) is -0.213. The molecule has 1 aliphatic rings. The van der Waals surface area contributed by atoms with E-state index in [1.165, 1.54) is 17.7 Å². The van der Waals surface area contributed by atoms with Crippen LogP contribution in [0.25, 0.3) is 0 Å². The van der Waals surface area contributed by atoms with Gasteiger partial charge in [0.1, 0.15) is 5.82 Å². The van der Waals surface area contributed by atoms with E-state index in [2.05, 4.69) is 43.3 Å². The minimum Gasteiger partial charge on any atom is -0.389 e. The van der Waals surface area contributed by atoms with E-state index in [4.69, 9.17) is 4.74 Å². The topological polar surface area (TPSA) is 35.9 Å². The van der Waals surface area contributed by atoms with Crippen LogP contribution in [-0.2, 0) is 4.74 Å². The molecule has 1 aliphatic heterocycles. The number of methoxy groups -OCH3 is 1. The van der Waals surface area contributed by atoms with Crippen molar-refractivity contribution in [3.8, 4) is 0 Å². The van der Waals surface area contributed by atoms with Crippen molar-refractivity contribution < 1.29 is 14.2 Å². The molecule has 146 valence electrons. The van der Waals surface area contributed by atoms with Crippen molar-refractivity contribution in [3.05, 3.63) is 65.5 Å². The molecule has 3 unspecified atom stereocenters. The molecule has 2 aromatic rings. The Kier molecular flexibility index (Phi) is 7.33. The Morgan fingerprint density at radius 3 is 2.11 bits per heavy atom. The largest absolute Gasteiger partial charge is 0.389 e. The van der Waals surface area contributed by atoms with Crippen molar-refractivity contribution in [2.24, 2.45) is 0 Å². The number of hydrogen-bond donors (Lipinski definition) is 1. The molecule has 0 spiro atoms. The van der Waals surface area contributed by atoms with Gasteiger partial charge in [0.2, 0.25) is 0 Å². The second-order valence-electron chi connectivity index (χ2n) is 7.07. The van der Waals surface area contributed by atoms with Crippen LogP contribution in [0.15, 0.2) is 48.5 Å². The molecule has 0 aliphatic carbocycles. The molecular formula is C21H28FN2O2P. The Labute approximate surface area is 163 Å². The molecule has 0 saturated carbocycles. The summed E-state index contributed by atoms with van der Waals surface area (Å²) in [4.78, 5) is 4.71. The Morgan fingerprint density at radius 1 is 1.00 bits per heavy atom. The summed E-state index contributed by atoms with van der Waals surface area (Å²) in [6.07, 6.45) is -0.455. The second kappa shape index (κ2) is 9.72. The highest BCUT2D eigenvalue weighted by molar-refractivity contribution is 7.27. The van der Waals surface area contributed by atoms with Crippen molar-refractivity contribution in [3.63, 3.8) is 0 Å². The molecule has 4 nitrogen and oxygen atoms in total. The first-order valence-corrected chi connectivity index (χ1v) is 9.89. The molecule has 1 fully saturated rings. The molecule has 1 heterocycles. The van der Waals surface area contributed by atoms with E-state index in [1.54, 1.807) is 7.11 Å². The molecule has 0 aromatic heterocycles. The minimum absolute atomic E-state index is 0.0993. The maximum Gasteiger partial charge on any atom is 0.123 e. The van der Waals surface area contributed by atoms with Crippen molar-refractivity contribution in [2.45, 2.75) is 12.1 Å². The zero-order valence-electron chi connectivity index (χ0n) is 15.7. The smallest absolute Gasteiger partial charge is 0.123 e. The zero-order chi connectivity index (χ0) is 19.2. The van der Waals surface area contributed by atoms with Crippen LogP contribution >= 0.6 is 9.24 Å². The van der Waals surface area contributed by atoms with Crippen LogP contribution < -0.4 is 5.30 Å². The first-order chi connectivity index (χ1) is 13.1. The van der Waals surface area contributed by atoms with Crippen molar-refractivity contribution in [1.29, 1.82) is 0 Å². The third-order valence-electron chi connectivity index (χ3n) is 5.04. The van der Waals surface area contributed by atoms with Crippen LogP contribution in [0.3, 0.4) is 0 Å². The van der Waals surface area contributed by atoms with E-state index >= 15 is 0 Å². The summed E-state index contributed by atoms with van der Waals surface area (Å²) < 4.78 is 18.4. The molecule has 2 aromatic carbocycles. The maximum absolute atomic E-state index is 13.4. The molecule has 3 rings (SSSR count). The second-order valence-corrected chi connectivity index (χ2v) is 7.73. The normalized spacial score (nSPS) is 18.4. The number of rotatable bonds is 7. The summed E-state index contributed by atoms with van der Waals surface area (Å²) in [5.41, 5.74) is 2.31. The highest BCUT2D eigenvalue weighted by Gasteiger charge is 2.27. The molecule has 27 heavy (non-hydrogen) atoms. The zero-order valence-corrected chi connectivity index (χ0v) is 16.9. The third kappa shape index (κ3) is 5.56.